The molecule has 1 amide bonds. The number of rotatable bonds is 5. The molecule has 0 saturated heterocycles. The molecule has 158 valence electrons. The van der Waals surface area contributed by atoms with Crippen LogP contribution in [0, 0.1) is 11.7 Å². The average molecular weight is 429 g/mol. The van der Waals surface area contributed by atoms with E-state index in [1.807, 2.05) is 36.5 Å². The Morgan fingerprint density at radius 1 is 1.13 bits per heavy atom. The average Bonchev–Trinajstić information content (AvgIpc) is 3.17. The number of benzene rings is 2. The first kappa shape index (κ1) is 22.0. The van der Waals surface area contributed by atoms with Gasteiger partial charge in [-0.2, -0.15) is 5.10 Å². The number of nitrogens with zero attached hydrogens (tertiary/aromatic N) is 2. The van der Waals surface area contributed by atoms with Crippen LogP contribution in [0.4, 0.5) is 4.39 Å². The first-order valence-corrected chi connectivity index (χ1v) is 10.0. The van der Waals surface area contributed by atoms with E-state index in [0.717, 1.165) is 48.2 Å². The molecule has 3 N–H and O–H groups in total. The number of halogens is 2. The Labute approximate surface area is 181 Å². The van der Waals surface area contributed by atoms with Crippen molar-refractivity contribution in [2.75, 3.05) is 0 Å². The molecule has 7 heteroatoms. The number of para-hydroxylation sites is 1. The molecule has 1 saturated carbocycles. The van der Waals surface area contributed by atoms with Crippen molar-refractivity contribution in [1.82, 2.24) is 15.1 Å². The number of amides is 1. The third kappa shape index (κ3) is 5.07. The van der Waals surface area contributed by atoms with E-state index in [9.17, 15) is 9.18 Å². The first-order valence-electron chi connectivity index (χ1n) is 10.0. The number of carbonyl (C=O) groups excluding carboxylic acids is 1. The lowest BCUT2D eigenvalue weighted by Gasteiger charge is -2.25. The van der Waals surface area contributed by atoms with Crippen LogP contribution in [0.15, 0.2) is 60.8 Å². The smallest absolute Gasteiger partial charge is 0.223 e. The van der Waals surface area contributed by atoms with Crippen molar-refractivity contribution in [1.29, 1.82) is 0 Å². The van der Waals surface area contributed by atoms with Gasteiger partial charge in [0.15, 0.2) is 0 Å². The molecule has 0 aliphatic heterocycles. The molecular weight excluding hydrogens is 403 g/mol. The number of nitrogens with one attached hydrogen (secondary N) is 1. The highest BCUT2D eigenvalue weighted by molar-refractivity contribution is 5.85. The Morgan fingerprint density at radius 2 is 1.87 bits per heavy atom. The number of carbonyl (C=O) groups is 1. The maximum Gasteiger partial charge on any atom is 0.223 e. The largest absolute Gasteiger partial charge is 0.352 e. The summed E-state index contributed by atoms with van der Waals surface area (Å²) in [5.41, 5.74) is 9.37. The molecule has 4 rings (SSSR count). The van der Waals surface area contributed by atoms with Crippen molar-refractivity contribution in [2.24, 2.45) is 11.7 Å². The fourth-order valence-electron chi connectivity index (χ4n) is 3.90. The summed E-state index contributed by atoms with van der Waals surface area (Å²) in [6.45, 7) is 0.365. The Kier molecular flexibility index (Phi) is 7.24. The van der Waals surface area contributed by atoms with Gasteiger partial charge in [0.25, 0.3) is 0 Å². The Morgan fingerprint density at radius 3 is 2.57 bits per heavy atom. The minimum atomic E-state index is -0.292. The fraction of sp³-hybridized carbons (Fsp3) is 0.304. The summed E-state index contributed by atoms with van der Waals surface area (Å²) < 4.78 is 15.2. The molecule has 1 heterocycles. The van der Waals surface area contributed by atoms with Crippen LogP contribution in [-0.4, -0.2) is 21.7 Å². The summed E-state index contributed by atoms with van der Waals surface area (Å²) in [5, 5.41) is 7.76. The van der Waals surface area contributed by atoms with Gasteiger partial charge in [0.1, 0.15) is 5.82 Å². The van der Waals surface area contributed by atoms with Gasteiger partial charge in [-0.05, 0) is 55.7 Å². The first-order chi connectivity index (χ1) is 14.1. The lowest BCUT2D eigenvalue weighted by Crippen LogP contribution is -2.37. The topological polar surface area (TPSA) is 72.9 Å². The van der Waals surface area contributed by atoms with Crippen LogP contribution in [0.5, 0.6) is 0 Å². The molecule has 2 unspecified atom stereocenters. The highest BCUT2D eigenvalue weighted by Gasteiger charge is 2.25. The van der Waals surface area contributed by atoms with Gasteiger partial charge in [-0.3, -0.25) is 4.79 Å². The Hall–Kier alpha value is -2.70. The second-order valence-electron chi connectivity index (χ2n) is 7.63. The van der Waals surface area contributed by atoms with Crippen molar-refractivity contribution >= 4 is 18.3 Å². The minimum Gasteiger partial charge on any atom is -0.352 e. The maximum atomic E-state index is 13.4. The molecule has 0 bridgehead atoms. The minimum absolute atomic E-state index is 0. The van der Waals surface area contributed by atoms with Crippen LogP contribution in [0.2, 0.25) is 0 Å². The quantitative estimate of drug-likeness (QED) is 0.638. The van der Waals surface area contributed by atoms with E-state index in [1.54, 1.807) is 16.8 Å². The van der Waals surface area contributed by atoms with E-state index in [0.29, 0.717) is 6.54 Å². The van der Waals surface area contributed by atoms with Crippen LogP contribution in [0.1, 0.15) is 31.2 Å². The van der Waals surface area contributed by atoms with Gasteiger partial charge in [0, 0.05) is 35.8 Å². The van der Waals surface area contributed by atoms with Crippen molar-refractivity contribution in [3.8, 4) is 16.9 Å². The van der Waals surface area contributed by atoms with Gasteiger partial charge < -0.3 is 11.1 Å². The van der Waals surface area contributed by atoms with Gasteiger partial charge in [-0.25, -0.2) is 9.07 Å². The third-order valence-electron chi connectivity index (χ3n) is 5.47. The van der Waals surface area contributed by atoms with Crippen molar-refractivity contribution in [2.45, 2.75) is 38.3 Å². The van der Waals surface area contributed by atoms with Gasteiger partial charge in [0.2, 0.25) is 5.91 Å². The van der Waals surface area contributed by atoms with Crippen LogP contribution >= 0.6 is 12.4 Å². The third-order valence-corrected chi connectivity index (χ3v) is 5.47. The predicted molar refractivity (Wildman–Crippen MR) is 118 cm³/mol. The van der Waals surface area contributed by atoms with E-state index in [4.69, 9.17) is 10.8 Å². The molecule has 1 aromatic heterocycles. The number of nitrogens with two attached hydrogens (primary N) is 1. The summed E-state index contributed by atoms with van der Waals surface area (Å²) >= 11 is 0. The zero-order valence-electron chi connectivity index (χ0n) is 16.6. The van der Waals surface area contributed by atoms with Gasteiger partial charge in [-0.1, -0.05) is 24.6 Å². The van der Waals surface area contributed by atoms with E-state index < -0.39 is 0 Å². The van der Waals surface area contributed by atoms with Gasteiger partial charge in [0.05, 0.1) is 11.4 Å². The summed E-state index contributed by atoms with van der Waals surface area (Å²) in [4.78, 5) is 12.6. The lowest BCUT2D eigenvalue weighted by molar-refractivity contribution is -0.126. The van der Waals surface area contributed by atoms with Crippen molar-refractivity contribution < 1.29 is 9.18 Å². The predicted octanol–water partition coefficient (Wildman–Crippen LogP) is 4.23. The molecule has 1 aliphatic rings. The second-order valence-corrected chi connectivity index (χ2v) is 7.63. The summed E-state index contributed by atoms with van der Waals surface area (Å²) in [6, 6.07) is 16.1. The highest BCUT2D eigenvalue weighted by atomic mass is 35.5. The van der Waals surface area contributed by atoms with Crippen molar-refractivity contribution in [3.05, 3.63) is 72.2 Å². The molecule has 2 atom stereocenters. The van der Waals surface area contributed by atoms with E-state index >= 15 is 0 Å². The Bertz CT molecular complexity index is 975. The standard InChI is InChI=1S/C23H25FN4O.ClH/c24-19-11-9-16(10-12-19)22-18(15-28(27-22)21-7-2-1-3-8-21)14-26-23(29)17-5-4-6-20(25)13-17;/h1-3,7-12,15,17,20H,4-6,13-14,25H2,(H,26,29);1H. The highest BCUT2D eigenvalue weighted by Crippen LogP contribution is 2.26. The molecular formula is C23H26ClFN4O. The Balaban J connectivity index is 0.00000256. The molecule has 0 radical (unpaired) electrons. The van der Waals surface area contributed by atoms with Crippen LogP contribution < -0.4 is 11.1 Å². The molecule has 1 fully saturated rings. The van der Waals surface area contributed by atoms with Crippen LogP contribution in [0.25, 0.3) is 16.9 Å². The van der Waals surface area contributed by atoms with Crippen molar-refractivity contribution in [3.63, 3.8) is 0 Å². The maximum absolute atomic E-state index is 13.4. The number of hydrogen-bond acceptors (Lipinski definition) is 3. The van der Waals surface area contributed by atoms with Gasteiger partial charge >= 0.3 is 0 Å². The number of aromatic nitrogens is 2. The normalized spacial score (nSPS) is 18.5. The molecule has 2 aromatic carbocycles. The number of hydrogen-bond donors (Lipinski definition) is 2. The summed E-state index contributed by atoms with van der Waals surface area (Å²) in [7, 11) is 0. The van der Waals surface area contributed by atoms with Gasteiger partial charge in [-0.15, -0.1) is 12.4 Å². The second kappa shape index (κ2) is 9.87. The molecule has 30 heavy (non-hydrogen) atoms. The lowest BCUT2D eigenvalue weighted by atomic mass is 9.85. The van der Waals surface area contributed by atoms with E-state index in [2.05, 4.69) is 5.32 Å². The fourth-order valence-corrected chi connectivity index (χ4v) is 3.90. The zero-order chi connectivity index (χ0) is 20.2. The zero-order valence-corrected chi connectivity index (χ0v) is 17.4. The summed E-state index contributed by atoms with van der Waals surface area (Å²) in [5.74, 6) is -0.283. The molecule has 1 aliphatic carbocycles. The molecule has 0 spiro atoms. The van der Waals surface area contributed by atoms with Crippen LogP contribution in [0.3, 0.4) is 0 Å². The monoisotopic (exact) mass is 428 g/mol. The van der Waals surface area contributed by atoms with E-state index in [1.165, 1.54) is 12.1 Å². The molecule has 3 aromatic rings. The van der Waals surface area contributed by atoms with Crippen LogP contribution in [-0.2, 0) is 11.3 Å². The molecule has 5 nitrogen and oxygen atoms in total. The van der Waals surface area contributed by atoms with E-state index in [-0.39, 0.29) is 36.1 Å². The SMILES string of the molecule is Cl.NC1CCCC(C(=O)NCc2cn(-c3ccccc3)nc2-c2ccc(F)cc2)C1. The summed E-state index contributed by atoms with van der Waals surface area (Å²) in [6.07, 6.45) is 5.52.